The molecule has 0 aromatic heterocycles. The number of hydrogen-bond acceptors (Lipinski definition) is 8. The number of aromatic carboxylic acids is 1. The smallest absolute Gasteiger partial charge is 0.335 e. The lowest BCUT2D eigenvalue weighted by Crippen LogP contribution is -2.45. The maximum Gasteiger partial charge on any atom is 0.335 e. The first-order chi connectivity index (χ1) is 25.6. The van der Waals surface area contributed by atoms with E-state index in [4.69, 9.17) is 9.47 Å². The minimum absolute atomic E-state index is 0.0631. The van der Waals surface area contributed by atoms with Gasteiger partial charge in [-0.25, -0.2) is 13.2 Å². The summed E-state index contributed by atoms with van der Waals surface area (Å²) in [6.07, 6.45) is -0.727. The first-order valence-corrected chi connectivity index (χ1v) is 19.5. The van der Waals surface area contributed by atoms with Crippen LogP contribution in [0.3, 0.4) is 0 Å². The van der Waals surface area contributed by atoms with Crippen molar-refractivity contribution < 1.29 is 37.7 Å². The summed E-state index contributed by atoms with van der Waals surface area (Å²) in [5.74, 6) is -0.950. The summed E-state index contributed by atoms with van der Waals surface area (Å²) in [6, 6.07) is 35.8. The molecule has 0 aliphatic carbocycles. The summed E-state index contributed by atoms with van der Waals surface area (Å²) in [6.45, 7) is 1.79. The maximum absolute atomic E-state index is 13.8. The van der Waals surface area contributed by atoms with Gasteiger partial charge >= 0.3 is 5.97 Å². The van der Waals surface area contributed by atoms with Crippen molar-refractivity contribution in [3.05, 3.63) is 161 Å². The molecule has 4 N–H and O–H groups in total. The zero-order valence-electron chi connectivity index (χ0n) is 28.9. The molecule has 0 unspecified atom stereocenters. The van der Waals surface area contributed by atoms with Gasteiger partial charge in [-0.1, -0.05) is 84.4 Å². The van der Waals surface area contributed by atoms with E-state index in [1.54, 1.807) is 66.4 Å². The van der Waals surface area contributed by atoms with Crippen LogP contribution in [0.15, 0.2) is 137 Å². The van der Waals surface area contributed by atoms with Gasteiger partial charge in [-0.3, -0.25) is 4.79 Å². The van der Waals surface area contributed by atoms with E-state index in [0.717, 1.165) is 27.1 Å². The molecular formula is C41H40N2O8S2. The van der Waals surface area contributed by atoms with E-state index in [2.05, 4.69) is 10.0 Å². The van der Waals surface area contributed by atoms with Crippen molar-refractivity contribution in [1.82, 2.24) is 4.72 Å². The average molecular weight is 753 g/mol. The molecule has 5 aromatic rings. The minimum atomic E-state index is -4.03. The Labute approximate surface area is 313 Å². The molecule has 0 radical (unpaired) electrons. The first kappa shape index (κ1) is 37.9. The lowest BCUT2D eigenvalue weighted by atomic mass is 10.0. The molecule has 0 spiro atoms. The predicted octanol–water partition coefficient (Wildman–Crippen LogP) is 7.05. The molecule has 274 valence electrons. The van der Waals surface area contributed by atoms with Crippen molar-refractivity contribution in [2.75, 3.05) is 11.1 Å². The number of rotatable bonds is 14. The molecule has 1 saturated heterocycles. The summed E-state index contributed by atoms with van der Waals surface area (Å²) in [7, 11) is -4.03. The number of hydrogen-bond donors (Lipinski definition) is 4. The molecule has 10 nitrogen and oxygen atoms in total. The molecule has 0 saturated carbocycles. The highest BCUT2D eigenvalue weighted by Gasteiger charge is 2.33. The van der Waals surface area contributed by atoms with E-state index in [-0.39, 0.29) is 35.7 Å². The van der Waals surface area contributed by atoms with Crippen molar-refractivity contribution in [3.63, 3.8) is 0 Å². The summed E-state index contributed by atoms with van der Waals surface area (Å²) in [5, 5.41) is 21.7. The third-order valence-corrected chi connectivity index (χ3v) is 11.4. The molecule has 1 fully saturated rings. The number of ether oxygens (including phenoxy) is 2. The number of aliphatic hydroxyl groups is 1. The molecule has 1 heterocycles. The number of benzene rings is 5. The van der Waals surface area contributed by atoms with Gasteiger partial charge in [0.1, 0.15) is 6.04 Å². The topological polar surface area (TPSA) is 151 Å². The molecule has 12 heteroatoms. The van der Waals surface area contributed by atoms with E-state index in [9.17, 15) is 28.2 Å². The minimum Gasteiger partial charge on any atom is -0.478 e. The van der Waals surface area contributed by atoms with E-state index in [1.165, 1.54) is 12.1 Å². The average Bonchev–Trinajstić information content (AvgIpc) is 3.17. The van der Waals surface area contributed by atoms with Crippen LogP contribution in [0.5, 0.6) is 0 Å². The normalized spacial score (nSPS) is 17.9. The molecular weight excluding hydrogens is 713 g/mol. The Balaban J connectivity index is 1.21. The summed E-state index contributed by atoms with van der Waals surface area (Å²) < 4.78 is 42.4. The van der Waals surface area contributed by atoms with Gasteiger partial charge in [-0.05, 0) is 78.6 Å². The van der Waals surface area contributed by atoms with Gasteiger partial charge < -0.3 is 25.0 Å². The van der Waals surface area contributed by atoms with Crippen LogP contribution in [0, 0.1) is 6.92 Å². The van der Waals surface area contributed by atoms with Crippen molar-refractivity contribution >= 4 is 39.3 Å². The quantitative estimate of drug-likeness (QED) is 0.0875. The second-order valence-corrected chi connectivity index (χ2v) is 15.6. The Hall–Kier alpha value is -4.82. The van der Waals surface area contributed by atoms with Crippen molar-refractivity contribution in [1.29, 1.82) is 0 Å². The Morgan fingerprint density at radius 2 is 1.55 bits per heavy atom. The van der Waals surface area contributed by atoms with Crippen molar-refractivity contribution in [2.24, 2.45) is 0 Å². The first-order valence-electron chi connectivity index (χ1n) is 17.1. The number of sulfonamides is 1. The number of amides is 1. The van der Waals surface area contributed by atoms with Crippen LogP contribution < -0.4 is 10.0 Å². The van der Waals surface area contributed by atoms with Crippen LogP contribution in [0.1, 0.15) is 57.0 Å². The fourth-order valence-corrected chi connectivity index (χ4v) is 8.03. The van der Waals surface area contributed by atoms with Gasteiger partial charge in [-0.2, -0.15) is 4.72 Å². The maximum atomic E-state index is 13.8. The van der Waals surface area contributed by atoms with Crippen molar-refractivity contribution in [3.8, 4) is 0 Å². The molecule has 1 aliphatic rings. The molecule has 1 aliphatic heterocycles. The van der Waals surface area contributed by atoms with Crippen LogP contribution in [-0.2, 0) is 37.3 Å². The molecule has 5 aromatic carbocycles. The Morgan fingerprint density at radius 1 is 0.830 bits per heavy atom. The number of thioether (sulfide) groups is 1. The molecule has 6 rings (SSSR count). The van der Waals surface area contributed by atoms with Gasteiger partial charge in [0.2, 0.25) is 15.9 Å². The summed E-state index contributed by atoms with van der Waals surface area (Å²) in [4.78, 5) is 26.1. The molecule has 0 bridgehead atoms. The number of nitrogens with one attached hydrogen (secondary N) is 2. The molecule has 53 heavy (non-hydrogen) atoms. The highest BCUT2D eigenvalue weighted by molar-refractivity contribution is 7.99. The fourth-order valence-electron chi connectivity index (χ4n) is 5.91. The highest BCUT2D eigenvalue weighted by atomic mass is 32.2. The summed E-state index contributed by atoms with van der Waals surface area (Å²) in [5.41, 5.74) is 4.71. The van der Waals surface area contributed by atoms with E-state index >= 15 is 0 Å². The van der Waals surface area contributed by atoms with Gasteiger partial charge in [0, 0.05) is 28.3 Å². The monoisotopic (exact) mass is 752 g/mol. The zero-order chi connectivity index (χ0) is 37.4. The van der Waals surface area contributed by atoms with Gasteiger partial charge in [0.15, 0.2) is 6.29 Å². The van der Waals surface area contributed by atoms with Gasteiger partial charge in [0.05, 0.1) is 29.3 Å². The number of aliphatic hydroxyl groups excluding tert-OH is 1. The number of carbonyl (C=O) groups is 2. The SMILES string of the molecule is Cc1ccc(S(=O)(=O)N[C@H](Cc2ccccc2)C(=O)Nc2cccc([C@@H]3O[C@H](CSc4ccc(C(=O)O)cc4)C[C@H](c4ccc(CO)cc4)O3)c2)cc1. The van der Waals surface area contributed by atoms with Crippen LogP contribution in [0.25, 0.3) is 0 Å². The number of aryl methyl sites for hydroxylation is 1. The zero-order valence-corrected chi connectivity index (χ0v) is 30.6. The Morgan fingerprint density at radius 3 is 2.23 bits per heavy atom. The van der Waals surface area contributed by atoms with Gasteiger partial charge in [0.25, 0.3) is 0 Å². The van der Waals surface area contributed by atoms with Crippen LogP contribution in [0.4, 0.5) is 5.69 Å². The fraction of sp³-hybridized carbons (Fsp3) is 0.220. The molecule has 4 atom stereocenters. The standard InChI is InChI=1S/C41H40N2O8S2/c1-27-10-20-36(21-11-27)53(48,49)43-37(22-28-6-3-2-4-7-28)39(45)42-33-9-5-8-32(23-33)41-50-34(26-52-35-18-16-31(17-19-35)40(46)47)24-38(51-41)30-14-12-29(25-44)13-15-30/h2-21,23,34,37-38,41,43-44H,22,24-26H2,1H3,(H,42,45)(H,46,47)/t34-,37+,38+,41+/m0/s1. The van der Waals surface area contributed by atoms with Crippen LogP contribution in [-0.4, -0.2) is 48.4 Å². The van der Waals surface area contributed by atoms with Crippen molar-refractivity contribution in [2.45, 2.75) is 60.7 Å². The van der Waals surface area contributed by atoms with E-state index in [0.29, 0.717) is 23.4 Å². The largest absolute Gasteiger partial charge is 0.478 e. The second kappa shape index (κ2) is 17.3. The predicted molar refractivity (Wildman–Crippen MR) is 203 cm³/mol. The second-order valence-electron chi connectivity index (χ2n) is 12.8. The lowest BCUT2D eigenvalue weighted by molar-refractivity contribution is -0.245. The summed E-state index contributed by atoms with van der Waals surface area (Å²) >= 11 is 1.55. The third-order valence-electron chi connectivity index (χ3n) is 8.81. The third kappa shape index (κ3) is 10.2. The number of carbonyl (C=O) groups excluding carboxylic acids is 1. The van der Waals surface area contributed by atoms with Gasteiger partial charge in [-0.15, -0.1) is 11.8 Å². The van der Waals surface area contributed by atoms with E-state index in [1.807, 2.05) is 67.6 Å². The van der Waals surface area contributed by atoms with Crippen LogP contribution >= 0.6 is 11.8 Å². The number of anilines is 1. The molecule has 1 amide bonds. The number of carboxylic acids is 1. The lowest BCUT2D eigenvalue weighted by Gasteiger charge is -2.36. The number of carboxylic acid groups (broad SMARTS) is 1. The van der Waals surface area contributed by atoms with Crippen LogP contribution in [0.2, 0.25) is 0 Å². The Bertz CT molecular complexity index is 2110. The highest BCUT2D eigenvalue weighted by Crippen LogP contribution is 2.40. The van der Waals surface area contributed by atoms with E-state index < -0.39 is 34.2 Å². The Kier molecular flexibility index (Phi) is 12.4.